The lowest BCUT2D eigenvalue weighted by Crippen LogP contribution is -2.37. The molecule has 1 atom stereocenters. The molecule has 170 valence electrons. The summed E-state index contributed by atoms with van der Waals surface area (Å²) >= 11 is 0. The van der Waals surface area contributed by atoms with Gasteiger partial charge in [0.2, 0.25) is 0 Å². The number of morpholine rings is 1. The van der Waals surface area contributed by atoms with E-state index in [0.29, 0.717) is 5.56 Å². The summed E-state index contributed by atoms with van der Waals surface area (Å²) in [6, 6.07) is 30.4. The van der Waals surface area contributed by atoms with Gasteiger partial charge < -0.3 is 9.84 Å². The minimum Gasteiger partial charge on any atom is -0.384 e. The topological polar surface area (TPSA) is 56.5 Å². The summed E-state index contributed by atoms with van der Waals surface area (Å²) in [5.74, 6) is 0. The lowest BCUT2D eigenvalue weighted by Gasteiger charge is -2.27. The highest BCUT2D eigenvalue weighted by molar-refractivity contribution is 5.87. The Balaban J connectivity index is 1.46. The number of hydrogen-bond donors (Lipinski definition) is 1. The smallest absolute Gasteiger partial charge is 0.104 e. The average Bonchev–Trinajstić information content (AvgIpc) is 2.92. The number of rotatable bonds is 6. The number of nitriles is 1. The van der Waals surface area contributed by atoms with Gasteiger partial charge in [-0.2, -0.15) is 5.26 Å². The molecule has 1 fully saturated rings. The molecule has 34 heavy (non-hydrogen) atoms. The van der Waals surface area contributed by atoms with Crippen LogP contribution in [0.15, 0.2) is 84.9 Å². The van der Waals surface area contributed by atoms with Gasteiger partial charge >= 0.3 is 0 Å². The highest BCUT2D eigenvalue weighted by atomic mass is 16.5. The molecule has 0 aliphatic carbocycles. The van der Waals surface area contributed by atoms with Crippen molar-refractivity contribution in [3.8, 4) is 17.2 Å². The summed E-state index contributed by atoms with van der Waals surface area (Å²) in [6.45, 7) is 4.42. The summed E-state index contributed by atoms with van der Waals surface area (Å²) in [5, 5.41) is 23.3. The maximum atomic E-state index is 11.4. The molecule has 1 heterocycles. The van der Waals surface area contributed by atoms with Gasteiger partial charge in [0.1, 0.15) is 6.10 Å². The van der Waals surface area contributed by atoms with Gasteiger partial charge in [-0.15, -0.1) is 0 Å². The maximum absolute atomic E-state index is 11.4. The van der Waals surface area contributed by atoms with Gasteiger partial charge in [0, 0.05) is 19.6 Å². The van der Waals surface area contributed by atoms with Crippen molar-refractivity contribution in [1.82, 2.24) is 4.90 Å². The van der Waals surface area contributed by atoms with Crippen LogP contribution < -0.4 is 0 Å². The predicted octanol–water partition coefficient (Wildman–Crippen LogP) is 5.33. The first-order valence-corrected chi connectivity index (χ1v) is 11.8. The van der Waals surface area contributed by atoms with E-state index in [9.17, 15) is 10.4 Å². The van der Waals surface area contributed by atoms with E-state index >= 15 is 0 Å². The van der Waals surface area contributed by atoms with E-state index in [2.05, 4.69) is 47.4 Å². The highest BCUT2D eigenvalue weighted by Gasteiger charge is 2.19. The Bertz CT molecular complexity index is 1320. The number of aliphatic hydroxyl groups is 1. The monoisotopic (exact) mass is 448 g/mol. The molecule has 0 saturated carbocycles. The number of hydrogen-bond acceptors (Lipinski definition) is 4. The first-order valence-electron chi connectivity index (χ1n) is 11.8. The number of nitrogens with zero attached hydrogens (tertiary/aromatic N) is 2. The molecule has 1 unspecified atom stereocenters. The number of ether oxygens (including phenoxy) is 1. The molecule has 0 amide bonds. The van der Waals surface area contributed by atoms with Crippen molar-refractivity contribution in [2.45, 2.75) is 12.5 Å². The second-order valence-corrected chi connectivity index (χ2v) is 8.74. The zero-order valence-electron chi connectivity index (χ0n) is 19.2. The van der Waals surface area contributed by atoms with Crippen molar-refractivity contribution < 1.29 is 9.84 Å². The standard InChI is InChI=1S/C30H28N2O2/c31-21-25-6-2-3-7-26(25)23-9-11-24(12-10-23)30(33)29-14-13-22-5-1-4-8-27(22)28(29)15-16-32-17-19-34-20-18-32/h1-14,30,33H,15-20H2. The average molecular weight is 449 g/mol. The first kappa shape index (κ1) is 22.3. The van der Waals surface area contributed by atoms with Gasteiger partial charge in [0.25, 0.3) is 0 Å². The Kier molecular flexibility index (Phi) is 6.69. The van der Waals surface area contributed by atoms with E-state index in [0.717, 1.165) is 61.5 Å². The molecule has 0 aromatic heterocycles. The van der Waals surface area contributed by atoms with Gasteiger partial charge in [-0.05, 0) is 51.1 Å². The molecule has 4 nitrogen and oxygen atoms in total. The van der Waals surface area contributed by atoms with E-state index in [1.54, 1.807) is 0 Å². The van der Waals surface area contributed by atoms with Gasteiger partial charge in [0.05, 0.1) is 24.8 Å². The Morgan fingerprint density at radius 2 is 1.62 bits per heavy atom. The summed E-state index contributed by atoms with van der Waals surface area (Å²) in [5.41, 5.74) is 5.53. The molecule has 4 aromatic rings. The number of fused-ring (bicyclic) bond motifs is 1. The largest absolute Gasteiger partial charge is 0.384 e. The fraction of sp³-hybridized carbons (Fsp3) is 0.233. The molecule has 1 aliphatic rings. The van der Waals surface area contributed by atoms with Crippen molar-refractivity contribution in [2.24, 2.45) is 0 Å². The van der Waals surface area contributed by atoms with E-state index < -0.39 is 6.10 Å². The van der Waals surface area contributed by atoms with Crippen LogP contribution >= 0.6 is 0 Å². The summed E-state index contributed by atoms with van der Waals surface area (Å²) in [6.07, 6.45) is 0.158. The van der Waals surface area contributed by atoms with Crippen LogP contribution in [0.5, 0.6) is 0 Å². The third kappa shape index (κ3) is 4.60. The van der Waals surface area contributed by atoms with Crippen molar-refractivity contribution in [1.29, 1.82) is 5.26 Å². The molecule has 4 heteroatoms. The van der Waals surface area contributed by atoms with Gasteiger partial charge in [-0.25, -0.2) is 0 Å². The lowest BCUT2D eigenvalue weighted by atomic mass is 9.90. The second kappa shape index (κ2) is 10.2. The van der Waals surface area contributed by atoms with Crippen molar-refractivity contribution in [3.05, 3.63) is 107 Å². The van der Waals surface area contributed by atoms with Gasteiger partial charge in [-0.3, -0.25) is 4.90 Å². The molecule has 0 radical (unpaired) electrons. The maximum Gasteiger partial charge on any atom is 0.104 e. The van der Waals surface area contributed by atoms with E-state index in [4.69, 9.17) is 4.74 Å². The van der Waals surface area contributed by atoms with Crippen LogP contribution in [0.3, 0.4) is 0 Å². The van der Waals surface area contributed by atoms with Crippen molar-refractivity contribution in [2.75, 3.05) is 32.8 Å². The Hall–Kier alpha value is -3.49. The minimum absolute atomic E-state index is 0.649. The second-order valence-electron chi connectivity index (χ2n) is 8.74. The van der Waals surface area contributed by atoms with E-state index in [1.807, 2.05) is 48.5 Å². The van der Waals surface area contributed by atoms with Gasteiger partial charge in [-0.1, -0.05) is 78.9 Å². The molecule has 1 saturated heterocycles. The minimum atomic E-state index is -0.718. The van der Waals surface area contributed by atoms with Crippen LogP contribution in [-0.2, 0) is 11.2 Å². The normalized spacial score (nSPS) is 15.2. The molecule has 1 N–H and O–H groups in total. The number of aliphatic hydroxyl groups excluding tert-OH is 1. The summed E-state index contributed by atoms with van der Waals surface area (Å²) in [4.78, 5) is 2.43. The zero-order chi connectivity index (χ0) is 23.3. The summed E-state index contributed by atoms with van der Waals surface area (Å²) < 4.78 is 5.50. The Labute approximate surface area is 200 Å². The van der Waals surface area contributed by atoms with Gasteiger partial charge in [0.15, 0.2) is 0 Å². The van der Waals surface area contributed by atoms with Crippen LogP contribution in [0, 0.1) is 11.3 Å². The van der Waals surface area contributed by atoms with E-state index in [-0.39, 0.29) is 0 Å². The van der Waals surface area contributed by atoms with Crippen molar-refractivity contribution in [3.63, 3.8) is 0 Å². The lowest BCUT2D eigenvalue weighted by molar-refractivity contribution is 0.0384. The molecule has 4 aromatic carbocycles. The number of benzene rings is 4. The summed E-state index contributed by atoms with van der Waals surface area (Å²) in [7, 11) is 0. The third-order valence-electron chi connectivity index (χ3n) is 6.74. The molecule has 0 spiro atoms. The first-order chi connectivity index (χ1) is 16.7. The SMILES string of the molecule is N#Cc1ccccc1-c1ccc(C(O)c2ccc3ccccc3c2CCN2CCOCC2)cc1. The molecule has 0 bridgehead atoms. The van der Waals surface area contributed by atoms with Crippen LogP contribution in [0.4, 0.5) is 0 Å². The van der Waals surface area contributed by atoms with Crippen LogP contribution in [-0.4, -0.2) is 42.9 Å². The molecular formula is C30H28N2O2. The fourth-order valence-electron chi connectivity index (χ4n) is 4.84. The van der Waals surface area contributed by atoms with E-state index in [1.165, 1.54) is 16.3 Å². The Morgan fingerprint density at radius 3 is 2.41 bits per heavy atom. The predicted molar refractivity (Wildman–Crippen MR) is 136 cm³/mol. The molecule has 5 rings (SSSR count). The Morgan fingerprint density at radius 1 is 0.882 bits per heavy atom. The van der Waals surface area contributed by atoms with Crippen LogP contribution in [0.25, 0.3) is 21.9 Å². The molecular weight excluding hydrogens is 420 g/mol. The quantitative estimate of drug-likeness (QED) is 0.433. The third-order valence-corrected chi connectivity index (χ3v) is 6.74. The van der Waals surface area contributed by atoms with Crippen molar-refractivity contribution >= 4 is 10.8 Å². The zero-order valence-corrected chi connectivity index (χ0v) is 19.2. The highest BCUT2D eigenvalue weighted by Crippen LogP contribution is 2.32. The van der Waals surface area contributed by atoms with Crippen LogP contribution in [0.1, 0.15) is 28.4 Å². The fourth-order valence-corrected chi connectivity index (χ4v) is 4.84. The molecule has 1 aliphatic heterocycles. The van der Waals surface area contributed by atoms with Crippen LogP contribution in [0.2, 0.25) is 0 Å².